The van der Waals surface area contributed by atoms with Crippen LogP contribution in [0.15, 0.2) is 0 Å². The number of carbonyl (C=O) groups excluding carboxylic acids is 2. The van der Waals surface area contributed by atoms with Gasteiger partial charge in [-0.25, -0.2) is 0 Å². The zero-order valence-electron chi connectivity index (χ0n) is 8.63. The first-order valence-corrected chi connectivity index (χ1v) is 5.83. The molecule has 0 aliphatic heterocycles. The van der Waals surface area contributed by atoms with Gasteiger partial charge in [-0.2, -0.15) is 0 Å². The monoisotopic (exact) mass is 194 g/mol. The lowest BCUT2D eigenvalue weighted by Gasteiger charge is -2.22. The SMILES string of the molecule is O=C1CCC(C(=O)C2CCCCC2)C1. The van der Waals surface area contributed by atoms with Crippen molar-refractivity contribution in [2.75, 3.05) is 0 Å². The minimum Gasteiger partial charge on any atom is -0.300 e. The summed E-state index contributed by atoms with van der Waals surface area (Å²) in [5.41, 5.74) is 0. The van der Waals surface area contributed by atoms with Gasteiger partial charge in [0.05, 0.1) is 0 Å². The highest BCUT2D eigenvalue weighted by molar-refractivity contribution is 5.92. The molecule has 0 heterocycles. The Morgan fingerprint density at radius 2 is 1.71 bits per heavy atom. The van der Waals surface area contributed by atoms with Crippen LogP contribution in [0.25, 0.3) is 0 Å². The quantitative estimate of drug-likeness (QED) is 0.676. The summed E-state index contributed by atoms with van der Waals surface area (Å²) < 4.78 is 0. The van der Waals surface area contributed by atoms with Gasteiger partial charge in [0, 0.05) is 24.7 Å². The van der Waals surface area contributed by atoms with Gasteiger partial charge in [0.2, 0.25) is 0 Å². The average Bonchev–Trinajstić information content (AvgIpc) is 2.65. The zero-order valence-corrected chi connectivity index (χ0v) is 8.63. The van der Waals surface area contributed by atoms with Gasteiger partial charge in [0.1, 0.15) is 11.6 Å². The van der Waals surface area contributed by atoms with E-state index in [0.717, 1.165) is 19.3 Å². The Labute approximate surface area is 85.1 Å². The van der Waals surface area contributed by atoms with Crippen molar-refractivity contribution >= 4 is 11.6 Å². The molecule has 0 spiro atoms. The molecular weight excluding hydrogens is 176 g/mol. The largest absolute Gasteiger partial charge is 0.300 e. The number of Topliss-reactive ketones (excluding diaryl/α,β-unsaturated/α-hetero) is 2. The van der Waals surface area contributed by atoms with Crippen LogP contribution < -0.4 is 0 Å². The molecule has 78 valence electrons. The van der Waals surface area contributed by atoms with Gasteiger partial charge in [-0.3, -0.25) is 9.59 Å². The van der Waals surface area contributed by atoms with Crippen LogP contribution in [0, 0.1) is 11.8 Å². The molecule has 2 rings (SSSR count). The van der Waals surface area contributed by atoms with Crippen LogP contribution >= 0.6 is 0 Å². The molecule has 0 saturated heterocycles. The van der Waals surface area contributed by atoms with E-state index in [0.29, 0.717) is 30.3 Å². The fourth-order valence-electron chi connectivity index (χ4n) is 2.78. The minimum absolute atomic E-state index is 0.0885. The van der Waals surface area contributed by atoms with Crippen molar-refractivity contribution in [1.82, 2.24) is 0 Å². The fourth-order valence-corrected chi connectivity index (χ4v) is 2.78. The van der Waals surface area contributed by atoms with Crippen molar-refractivity contribution in [2.24, 2.45) is 11.8 Å². The maximum absolute atomic E-state index is 12.0. The minimum atomic E-state index is 0.0885. The third-order valence-corrected chi connectivity index (χ3v) is 3.66. The number of hydrogen-bond donors (Lipinski definition) is 0. The molecule has 1 atom stereocenters. The van der Waals surface area contributed by atoms with E-state index < -0.39 is 0 Å². The van der Waals surface area contributed by atoms with Crippen LogP contribution in [0.5, 0.6) is 0 Å². The Kier molecular flexibility index (Phi) is 2.99. The van der Waals surface area contributed by atoms with Crippen molar-refractivity contribution in [3.63, 3.8) is 0 Å². The van der Waals surface area contributed by atoms with Gasteiger partial charge in [-0.1, -0.05) is 19.3 Å². The van der Waals surface area contributed by atoms with Gasteiger partial charge in [-0.05, 0) is 19.3 Å². The molecule has 1 unspecified atom stereocenters. The Balaban J connectivity index is 1.90. The van der Waals surface area contributed by atoms with E-state index in [1.54, 1.807) is 0 Å². The first kappa shape index (κ1) is 9.88. The first-order chi connectivity index (χ1) is 6.77. The number of ketones is 2. The number of rotatable bonds is 2. The van der Waals surface area contributed by atoms with E-state index in [-0.39, 0.29) is 5.92 Å². The van der Waals surface area contributed by atoms with Gasteiger partial charge >= 0.3 is 0 Å². The lowest BCUT2D eigenvalue weighted by Crippen LogP contribution is -2.24. The lowest BCUT2D eigenvalue weighted by molar-refractivity contribution is -0.128. The summed E-state index contributed by atoms with van der Waals surface area (Å²) in [6.07, 6.45) is 7.85. The molecule has 0 N–H and O–H groups in total. The predicted molar refractivity (Wildman–Crippen MR) is 53.9 cm³/mol. The molecule has 2 heteroatoms. The van der Waals surface area contributed by atoms with Crippen molar-refractivity contribution in [1.29, 1.82) is 0 Å². The van der Waals surface area contributed by atoms with E-state index in [9.17, 15) is 9.59 Å². The van der Waals surface area contributed by atoms with Crippen molar-refractivity contribution in [3.8, 4) is 0 Å². The Morgan fingerprint density at radius 1 is 1.00 bits per heavy atom. The molecule has 2 saturated carbocycles. The Hall–Kier alpha value is -0.660. The normalized spacial score (nSPS) is 29.4. The zero-order chi connectivity index (χ0) is 9.97. The molecule has 0 amide bonds. The third kappa shape index (κ3) is 2.05. The molecule has 0 aromatic carbocycles. The van der Waals surface area contributed by atoms with Crippen LogP contribution in [-0.4, -0.2) is 11.6 Å². The molecule has 2 nitrogen and oxygen atoms in total. The highest BCUT2D eigenvalue weighted by Crippen LogP contribution is 2.32. The second-order valence-corrected chi connectivity index (χ2v) is 4.72. The van der Waals surface area contributed by atoms with E-state index in [2.05, 4.69) is 0 Å². The van der Waals surface area contributed by atoms with Crippen molar-refractivity contribution < 1.29 is 9.59 Å². The summed E-state index contributed by atoms with van der Waals surface area (Å²) in [7, 11) is 0. The van der Waals surface area contributed by atoms with Crippen molar-refractivity contribution in [3.05, 3.63) is 0 Å². The highest BCUT2D eigenvalue weighted by atomic mass is 16.1. The summed E-state index contributed by atoms with van der Waals surface area (Å²) in [5.74, 6) is 1.07. The van der Waals surface area contributed by atoms with E-state index in [4.69, 9.17) is 0 Å². The molecule has 0 bridgehead atoms. The smallest absolute Gasteiger partial charge is 0.139 e. The Morgan fingerprint density at radius 3 is 2.29 bits per heavy atom. The molecule has 2 fully saturated rings. The molecular formula is C12H18O2. The van der Waals surface area contributed by atoms with Crippen LogP contribution in [-0.2, 0) is 9.59 Å². The fraction of sp³-hybridized carbons (Fsp3) is 0.833. The predicted octanol–water partition coefficient (Wildman–Crippen LogP) is 2.51. The molecule has 14 heavy (non-hydrogen) atoms. The summed E-state index contributed by atoms with van der Waals surface area (Å²) >= 11 is 0. The summed E-state index contributed by atoms with van der Waals surface area (Å²) in [4.78, 5) is 23.1. The van der Waals surface area contributed by atoms with Gasteiger partial charge in [0.15, 0.2) is 0 Å². The number of hydrogen-bond acceptors (Lipinski definition) is 2. The Bertz CT molecular complexity index is 239. The first-order valence-electron chi connectivity index (χ1n) is 5.83. The molecule has 0 aromatic rings. The van der Waals surface area contributed by atoms with Crippen molar-refractivity contribution in [2.45, 2.75) is 51.4 Å². The third-order valence-electron chi connectivity index (χ3n) is 3.66. The van der Waals surface area contributed by atoms with E-state index in [1.807, 2.05) is 0 Å². The van der Waals surface area contributed by atoms with Crippen LogP contribution in [0.3, 0.4) is 0 Å². The van der Waals surface area contributed by atoms with Crippen LogP contribution in [0.2, 0.25) is 0 Å². The lowest BCUT2D eigenvalue weighted by atomic mass is 9.81. The summed E-state index contributed by atoms with van der Waals surface area (Å²) in [6.45, 7) is 0. The molecule has 2 aliphatic carbocycles. The number of carbonyl (C=O) groups is 2. The highest BCUT2D eigenvalue weighted by Gasteiger charge is 2.32. The summed E-state index contributed by atoms with van der Waals surface area (Å²) in [5, 5.41) is 0. The van der Waals surface area contributed by atoms with Crippen LogP contribution in [0.1, 0.15) is 51.4 Å². The maximum Gasteiger partial charge on any atom is 0.139 e. The van der Waals surface area contributed by atoms with E-state index in [1.165, 1.54) is 19.3 Å². The second-order valence-electron chi connectivity index (χ2n) is 4.72. The maximum atomic E-state index is 12.0. The molecule has 0 radical (unpaired) electrons. The average molecular weight is 194 g/mol. The standard InChI is InChI=1S/C12H18O2/c13-11-7-6-10(8-11)12(14)9-4-2-1-3-5-9/h9-10H,1-8H2. The van der Waals surface area contributed by atoms with E-state index >= 15 is 0 Å². The molecule has 0 aromatic heterocycles. The van der Waals surface area contributed by atoms with Gasteiger partial charge in [0.25, 0.3) is 0 Å². The van der Waals surface area contributed by atoms with Gasteiger partial charge in [-0.15, -0.1) is 0 Å². The summed E-state index contributed by atoms with van der Waals surface area (Å²) in [6, 6.07) is 0. The second kappa shape index (κ2) is 4.24. The molecule has 2 aliphatic rings. The van der Waals surface area contributed by atoms with Gasteiger partial charge < -0.3 is 0 Å². The topological polar surface area (TPSA) is 34.1 Å². The van der Waals surface area contributed by atoms with Crippen LogP contribution in [0.4, 0.5) is 0 Å².